The van der Waals surface area contributed by atoms with E-state index in [1.165, 1.54) is 18.2 Å². The van der Waals surface area contributed by atoms with Gasteiger partial charge in [0.1, 0.15) is 5.82 Å². The second-order valence-corrected chi connectivity index (χ2v) is 9.59. The van der Waals surface area contributed by atoms with E-state index in [1.54, 1.807) is 13.8 Å². The number of carbonyl (C=O) groups excluding carboxylic acids is 1. The monoisotopic (exact) mass is 485 g/mol. The Hall–Kier alpha value is -2.70. The second kappa shape index (κ2) is 9.65. The van der Waals surface area contributed by atoms with Gasteiger partial charge < -0.3 is 10.2 Å². The number of alkyl halides is 3. The molecular formula is C21H26F3N5O3S. The molecule has 0 bridgehead atoms. The largest absolute Gasteiger partial charge is 0.417 e. The number of halogens is 3. The maximum Gasteiger partial charge on any atom is 0.417 e. The molecular weight excluding hydrogens is 459 g/mol. The molecule has 0 atom stereocenters. The Morgan fingerprint density at radius 1 is 1.15 bits per heavy atom. The fourth-order valence-corrected chi connectivity index (χ4v) is 4.24. The molecule has 1 saturated heterocycles. The molecule has 180 valence electrons. The zero-order valence-corrected chi connectivity index (χ0v) is 19.1. The van der Waals surface area contributed by atoms with Crippen LogP contribution in [0.2, 0.25) is 0 Å². The van der Waals surface area contributed by atoms with E-state index >= 15 is 0 Å². The van der Waals surface area contributed by atoms with Gasteiger partial charge in [0.25, 0.3) is 0 Å². The van der Waals surface area contributed by atoms with Crippen molar-refractivity contribution in [2.45, 2.75) is 31.3 Å². The molecule has 3 N–H and O–H groups in total. The highest BCUT2D eigenvalue weighted by Crippen LogP contribution is 2.29. The van der Waals surface area contributed by atoms with Crippen molar-refractivity contribution in [3.63, 3.8) is 0 Å². The van der Waals surface area contributed by atoms with E-state index in [4.69, 9.17) is 5.14 Å². The lowest BCUT2D eigenvalue weighted by atomic mass is 10.1. The van der Waals surface area contributed by atoms with Crippen LogP contribution in [0.25, 0.3) is 0 Å². The van der Waals surface area contributed by atoms with Crippen LogP contribution < -0.4 is 15.4 Å². The first-order valence-electron chi connectivity index (χ1n) is 10.3. The van der Waals surface area contributed by atoms with Gasteiger partial charge in [0.05, 0.1) is 17.0 Å². The number of carbonyl (C=O) groups is 1. The third-order valence-corrected chi connectivity index (χ3v) is 6.49. The normalized spacial score (nSPS) is 15.9. The lowest BCUT2D eigenvalue weighted by Gasteiger charge is -2.23. The Morgan fingerprint density at radius 3 is 2.48 bits per heavy atom. The van der Waals surface area contributed by atoms with Crippen LogP contribution in [0.15, 0.2) is 35.4 Å². The molecule has 1 fully saturated rings. The highest BCUT2D eigenvalue weighted by atomic mass is 32.2. The Morgan fingerprint density at radius 2 is 1.88 bits per heavy atom. The van der Waals surface area contributed by atoms with Crippen LogP contribution in [-0.2, 0) is 21.0 Å². The summed E-state index contributed by atoms with van der Waals surface area (Å²) in [6.07, 6.45) is -2.90. The Balaban J connectivity index is 1.62. The van der Waals surface area contributed by atoms with E-state index in [0.29, 0.717) is 49.7 Å². The predicted molar refractivity (Wildman–Crippen MR) is 118 cm³/mol. The maximum absolute atomic E-state index is 12.7. The van der Waals surface area contributed by atoms with Crippen LogP contribution in [0.5, 0.6) is 0 Å². The molecule has 0 spiro atoms. The van der Waals surface area contributed by atoms with Crippen molar-refractivity contribution in [3.8, 4) is 0 Å². The number of pyridine rings is 1. The number of hydrogen-bond acceptors (Lipinski definition) is 6. The summed E-state index contributed by atoms with van der Waals surface area (Å²) in [7, 11) is -3.91. The SMILES string of the molecule is Cc1cc(S(N)(=O)=O)cc(NC(=O)CN2CCCN(c3ccc(C(F)(F)F)cn3)CC2)c1C. The maximum atomic E-state index is 12.7. The van der Waals surface area contributed by atoms with Crippen molar-refractivity contribution < 1.29 is 26.4 Å². The number of amides is 1. The number of aryl methyl sites for hydroxylation is 1. The number of benzene rings is 1. The zero-order chi connectivity index (χ0) is 24.4. The molecule has 1 aliphatic heterocycles. The lowest BCUT2D eigenvalue weighted by molar-refractivity contribution is -0.137. The van der Waals surface area contributed by atoms with Crippen molar-refractivity contribution in [2.24, 2.45) is 5.14 Å². The number of primary sulfonamides is 1. The van der Waals surface area contributed by atoms with Gasteiger partial charge in [-0.05, 0) is 55.7 Å². The molecule has 0 saturated carbocycles. The van der Waals surface area contributed by atoms with Gasteiger partial charge in [0.15, 0.2) is 0 Å². The van der Waals surface area contributed by atoms with Gasteiger partial charge in [-0.1, -0.05) is 0 Å². The summed E-state index contributed by atoms with van der Waals surface area (Å²) < 4.78 is 61.6. The van der Waals surface area contributed by atoms with Gasteiger partial charge in [-0.15, -0.1) is 0 Å². The fourth-order valence-electron chi connectivity index (χ4n) is 3.61. The number of rotatable bonds is 5. The van der Waals surface area contributed by atoms with Gasteiger partial charge in [0.2, 0.25) is 15.9 Å². The van der Waals surface area contributed by atoms with Crippen molar-refractivity contribution >= 4 is 27.4 Å². The summed E-state index contributed by atoms with van der Waals surface area (Å²) in [6.45, 7) is 5.85. The Labute approximate surface area is 190 Å². The Kier molecular flexibility index (Phi) is 7.29. The average Bonchev–Trinajstić information content (AvgIpc) is 2.95. The third-order valence-electron chi connectivity index (χ3n) is 5.60. The van der Waals surface area contributed by atoms with Crippen molar-refractivity contribution in [1.29, 1.82) is 0 Å². The number of sulfonamides is 1. The molecule has 2 aromatic rings. The molecule has 0 aliphatic carbocycles. The molecule has 3 rings (SSSR count). The molecule has 1 aliphatic rings. The van der Waals surface area contributed by atoms with E-state index in [1.807, 2.05) is 9.80 Å². The fraction of sp³-hybridized carbons (Fsp3) is 0.429. The summed E-state index contributed by atoms with van der Waals surface area (Å²) in [6, 6.07) is 5.17. The number of aromatic nitrogens is 1. The standard InChI is InChI=1S/C21H26F3N5O3S/c1-14-10-17(33(25,31)32)11-18(15(14)2)27-20(30)13-28-6-3-7-29(9-8-28)19-5-4-16(12-26-19)21(22,23)24/h4-5,10-12H,3,6-9,13H2,1-2H3,(H,27,30)(H2,25,31,32). The number of nitrogens with one attached hydrogen (secondary N) is 1. The summed E-state index contributed by atoms with van der Waals surface area (Å²) in [5.41, 5.74) is 1.02. The predicted octanol–water partition coefficient (Wildman–Crippen LogP) is 2.52. The summed E-state index contributed by atoms with van der Waals surface area (Å²) in [5.74, 6) is 0.158. The van der Waals surface area contributed by atoms with Crippen LogP contribution in [-0.4, -0.2) is 56.9 Å². The lowest BCUT2D eigenvalue weighted by Crippen LogP contribution is -2.36. The Bertz CT molecular complexity index is 1120. The number of hydrogen-bond donors (Lipinski definition) is 2. The van der Waals surface area contributed by atoms with E-state index < -0.39 is 21.8 Å². The zero-order valence-electron chi connectivity index (χ0n) is 18.3. The summed E-state index contributed by atoms with van der Waals surface area (Å²) >= 11 is 0. The minimum absolute atomic E-state index is 0.0737. The van der Waals surface area contributed by atoms with Crippen LogP contribution in [0.3, 0.4) is 0 Å². The molecule has 0 radical (unpaired) electrons. The highest BCUT2D eigenvalue weighted by molar-refractivity contribution is 7.89. The molecule has 12 heteroatoms. The van der Waals surface area contributed by atoms with Crippen molar-refractivity contribution in [2.75, 3.05) is 42.9 Å². The van der Waals surface area contributed by atoms with E-state index in [-0.39, 0.29) is 17.3 Å². The molecule has 8 nitrogen and oxygen atoms in total. The summed E-state index contributed by atoms with van der Waals surface area (Å²) in [4.78, 5) is 20.3. The van der Waals surface area contributed by atoms with Crippen LogP contribution >= 0.6 is 0 Å². The topological polar surface area (TPSA) is 109 Å². The van der Waals surface area contributed by atoms with Crippen molar-refractivity contribution in [1.82, 2.24) is 9.88 Å². The van der Waals surface area contributed by atoms with Crippen LogP contribution in [0.4, 0.5) is 24.7 Å². The average molecular weight is 486 g/mol. The van der Waals surface area contributed by atoms with Gasteiger partial charge in [-0.3, -0.25) is 9.69 Å². The van der Waals surface area contributed by atoms with Crippen LogP contribution in [0.1, 0.15) is 23.1 Å². The molecule has 33 heavy (non-hydrogen) atoms. The second-order valence-electron chi connectivity index (χ2n) is 8.03. The molecule has 2 heterocycles. The third kappa shape index (κ3) is 6.42. The number of nitrogens with zero attached hydrogens (tertiary/aromatic N) is 3. The number of anilines is 2. The first-order valence-corrected chi connectivity index (χ1v) is 11.8. The minimum Gasteiger partial charge on any atom is -0.355 e. The van der Waals surface area contributed by atoms with Gasteiger partial charge in [-0.2, -0.15) is 13.2 Å². The first kappa shape index (κ1) is 24.9. The molecule has 0 unspecified atom stereocenters. The van der Waals surface area contributed by atoms with E-state index in [2.05, 4.69) is 10.3 Å². The van der Waals surface area contributed by atoms with Gasteiger partial charge >= 0.3 is 6.18 Å². The molecule has 1 aromatic carbocycles. The smallest absolute Gasteiger partial charge is 0.355 e. The quantitative estimate of drug-likeness (QED) is 0.674. The summed E-state index contributed by atoms with van der Waals surface area (Å²) in [5, 5.41) is 7.98. The van der Waals surface area contributed by atoms with Crippen molar-refractivity contribution in [3.05, 3.63) is 47.2 Å². The minimum atomic E-state index is -4.43. The van der Waals surface area contributed by atoms with Gasteiger partial charge in [-0.25, -0.2) is 18.5 Å². The molecule has 1 amide bonds. The highest BCUT2D eigenvalue weighted by Gasteiger charge is 2.31. The van der Waals surface area contributed by atoms with Gasteiger partial charge in [0, 0.05) is 38.1 Å². The first-order chi connectivity index (χ1) is 15.3. The number of nitrogens with two attached hydrogens (primary N) is 1. The van der Waals surface area contributed by atoms with Crippen LogP contribution in [0, 0.1) is 13.8 Å². The van der Waals surface area contributed by atoms with E-state index in [0.717, 1.165) is 17.8 Å². The molecule has 1 aromatic heterocycles. The van der Waals surface area contributed by atoms with E-state index in [9.17, 15) is 26.4 Å².